The smallest absolute Gasteiger partial charge is 0.345 e. The van der Waals surface area contributed by atoms with Crippen LogP contribution in [0.25, 0.3) is 0 Å². The summed E-state index contributed by atoms with van der Waals surface area (Å²) in [7, 11) is -3.18. The molecule has 1 atom stereocenters. The lowest BCUT2D eigenvalue weighted by atomic mass is 10.1. The van der Waals surface area contributed by atoms with Gasteiger partial charge < -0.3 is 9.64 Å². The van der Waals surface area contributed by atoms with Gasteiger partial charge in [-0.05, 0) is 24.8 Å². The third-order valence-corrected chi connectivity index (χ3v) is 6.26. The number of aryl methyl sites for hydroxylation is 1. The number of carbonyl (C=O) groups excluding carboxylic acids is 2. The molecule has 10 heteroatoms. The Hall–Kier alpha value is -2.49. The van der Waals surface area contributed by atoms with Crippen molar-refractivity contribution in [3.05, 3.63) is 39.4 Å². The largest absolute Gasteiger partial charge is 0.452 e. The van der Waals surface area contributed by atoms with E-state index in [0.29, 0.717) is 18.5 Å². The molecule has 2 rings (SSSR count). The zero-order valence-corrected chi connectivity index (χ0v) is 16.9. The molecule has 0 radical (unpaired) electrons. The fourth-order valence-electron chi connectivity index (χ4n) is 3.22. The van der Waals surface area contributed by atoms with Crippen molar-refractivity contribution >= 4 is 27.4 Å². The Kier molecular flexibility index (Phi) is 6.76. The van der Waals surface area contributed by atoms with E-state index in [-0.39, 0.29) is 23.0 Å². The van der Waals surface area contributed by atoms with Gasteiger partial charge in [-0.25, -0.2) is 13.2 Å². The summed E-state index contributed by atoms with van der Waals surface area (Å²) in [5, 5.41) is 11.1. The average Bonchev–Trinajstić information content (AvgIpc) is 2.96. The third-order valence-electron chi connectivity index (χ3n) is 4.51. The first-order valence-corrected chi connectivity index (χ1v) is 10.7. The van der Waals surface area contributed by atoms with E-state index in [1.165, 1.54) is 17.0 Å². The normalized spacial score (nSPS) is 18.1. The molecule has 0 N–H and O–H groups in total. The van der Waals surface area contributed by atoms with Crippen LogP contribution in [0, 0.1) is 23.0 Å². The van der Waals surface area contributed by atoms with Crippen LogP contribution in [-0.4, -0.2) is 60.8 Å². The standard InChI is InChI=1S/C18H24N2O7S/c1-12(2)9-19(14-7-8-28(25,26)11-14)16(21)10-27-18(22)17-13(3)5-4-6-15(17)20(23)24/h4-6,12,14H,7-11H2,1-3H3. The highest BCUT2D eigenvalue weighted by molar-refractivity contribution is 7.91. The summed E-state index contributed by atoms with van der Waals surface area (Å²) in [5.74, 6) is -1.46. The molecule has 0 aliphatic carbocycles. The van der Waals surface area contributed by atoms with Crippen molar-refractivity contribution in [3.63, 3.8) is 0 Å². The number of hydrogen-bond acceptors (Lipinski definition) is 7. The first-order valence-electron chi connectivity index (χ1n) is 8.93. The summed E-state index contributed by atoms with van der Waals surface area (Å²) >= 11 is 0. The number of rotatable bonds is 7. The van der Waals surface area contributed by atoms with Crippen molar-refractivity contribution in [1.82, 2.24) is 4.90 Å². The van der Waals surface area contributed by atoms with E-state index in [1.54, 1.807) is 13.0 Å². The van der Waals surface area contributed by atoms with E-state index in [9.17, 15) is 28.1 Å². The number of carbonyl (C=O) groups is 2. The minimum Gasteiger partial charge on any atom is -0.452 e. The number of benzene rings is 1. The molecule has 1 unspecified atom stereocenters. The number of amides is 1. The maximum atomic E-state index is 12.6. The number of ether oxygens (including phenoxy) is 1. The molecule has 1 aliphatic rings. The van der Waals surface area contributed by atoms with Gasteiger partial charge in [-0.1, -0.05) is 26.0 Å². The van der Waals surface area contributed by atoms with Gasteiger partial charge in [0, 0.05) is 18.7 Å². The quantitative estimate of drug-likeness (QED) is 0.379. The lowest BCUT2D eigenvalue weighted by molar-refractivity contribution is -0.385. The molecule has 1 heterocycles. The predicted molar refractivity (Wildman–Crippen MR) is 102 cm³/mol. The molecule has 0 aromatic heterocycles. The fourth-order valence-corrected chi connectivity index (χ4v) is 4.95. The van der Waals surface area contributed by atoms with Gasteiger partial charge in [0.15, 0.2) is 16.4 Å². The number of hydrogen-bond donors (Lipinski definition) is 0. The molecule has 1 fully saturated rings. The van der Waals surface area contributed by atoms with Crippen molar-refractivity contribution < 1.29 is 27.7 Å². The molecule has 154 valence electrons. The zero-order valence-electron chi connectivity index (χ0n) is 16.1. The topological polar surface area (TPSA) is 124 Å². The Bertz CT molecular complexity index is 880. The van der Waals surface area contributed by atoms with E-state index in [1.807, 2.05) is 13.8 Å². The molecule has 0 bridgehead atoms. The SMILES string of the molecule is Cc1cccc([N+](=O)[O-])c1C(=O)OCC(=O)N(CC(C)C)C1CCS(=O)(=O)C1. The van der Waals surface area contributed by atoms with E-state index in [0.717, 1.165) is 0 Å². The Morgan fingerprint density at radius 3 is 2.57 bits per heavy atom. The van der Waals surface area contributed by atoms with Gasteiger partial charge in [0.1, 0.15) is 5.56 Å². The van der Waals surface area contributed by atoms with Crippen LogP contribution in [-0.2, 0) is 19.4 Å². The van der Waals surface area contributed by atoms with Crippen LogP contribution < -0.4 is 0 Å². The number of sulfone groups is 1. The maximum absolute atomic E-state index is 12.6. The van der Waals surface area contributed by atoms with Crippen LogP contribution in [0.3, 0.4) is 0 Å². The van der Waals surface area contributed by atoms with Crippen molar-refractivity contribution in [3.8, 4) is 0 Å². The van der Waals surface area contributed by atoms with Crippen LogP contribution in [0.4, 0.5) is 5.69 Å². The van der Waals surface area contributed by atoms with Crippen LogP contribution in [0.2, 0.25) is 0 Å². The summed E-state index contributed by atoms with van der Waals surface area (Å²) in [4.78, 5) is 36.9. The number of nitro benzene ring substituents is 1. The van der Waals surface area contributed by atoms with Crippen molar-refractivity contribution in [2.24, 2.45) is 5.92 Å². The summed E-state index contributed by atoms with van der Waals surface area (Å²) in [5.41, 5.74) is -0.218. The fraction of sp³-hybridized carbons (Fsp3) is 0.556. The molecule has 9 nitrogen and oxygen atoms in total. The van der Waals surface area contributed by atoms with Gasteiger partial charge in [-0.15, -0.1) is 0 Å². The van der Waals surface area contributed by atoms with Crippen molar-refractivity contribution in [1.29, 1.82) is 0 Å². The van der Waals surface area contributed by atoms with E-state index >= 15 is 0 Å². The molecule has 1 aliphatic heterocycles. The highest BCUT2D eigenvalue weighted by Crippen LogP contribution is 2.23. The molecule has 0 spiro atoms. The Morgan fingerprint density at radius 2 is 2.04 bits per heavy atom. The third kappa shape index (κ3) is 5.28. The molecule has 1 aromatic carbocycles. The van der Waals surface area contributed by atoms with Crippen molar-refractivity contribution in [2.75, 3.05) is 24.7 Å². The lowest BCUT2D eigenvalue weighted by Crippen LogP contribution is -2.45. The molecule has 1 amide bonds. The van der Waals surface area contributed by atoms with Crippen LogP contribution in [0.15, 0.2) is 18.2 Å². The number of esters is 1. The zero-order chi connectivity index (χ0) is 21.1. The van der Waals surface area contributed by atoms with Gasteiger partial charge >= 0.3 is 5.97 Å². The van der Waals surface area contributed by atoms with Gasteiger partial charge in [0.2, 0.25) is 0 Å². The maximum Gasteiger partial charge on any atom is 0.345 e. The molecule has 0 saturated carbocycles. The van der Waals surface area contributed by atoms with E-state index in [2.05, 4.69) is 0 Å². The van der Waals surface area contributed by atoms with Gasteiger partial charge in [0.25, 0.3) is 11.6 Å². The second-order valence-electron chi connectivity index (χ2n) is 7.30. The van der Waals surface area contributed by atoms with Crippen LogP contribution in [0.1, 0.15) is 36.2 Å². The molecule has 1 aromatic rings. The summed E-state index contributed by atoms with van der Waals surface area (Å²) in [6, 6.07) is 3.74. The highest BCUT2D eigenvalue weighted by atomic mass is 32.2. The molecular formula is C18H24N2O7S. The second-order valence-corrected chi connectivity index (χ2v) is 9.53. The first-order chi connectivity index (χ1) is 13.0. The predicted octanol–water partition coefficient (Wildman–Crippen LogP) is 1.73. The van der Waals surface area contributed by atoms with Crippen LogP contribution >= 0.6 is 0 Å². The Labute approximate surface area is 163 Å². The van der Waals surface area contributed by atoms with E-state index in [4.69, 9.17) is 4.74 Å². The summed E-state index contributed by atoms with van der Waals surface area (Å²) in [6.45, 7) is 5.06. The summed E-state index contributed by atoms with van der Waals surface area (Å²) in [6.07, 6.45) is 0.345. The van der Waals surface area contributed by atoms with Gasteiger partial charge in [0.05, 0.1) is 16.4 Å². The minimum atomic E-state index is -3.18. The lowest BCUT2D eigenvalue weighted by Gasteiger charge is -2.29. The first kappa shape index (κ1) is 21.8. The van der Waals surface area contributed by atoms with E-state index < -0.39 is 45.0 Å². The molecule has 1 saturated heterocycles. The van der Waals surface area contributed by atoms with Gasteiger partial charge in [-0.2, -0.15) is 0 Å². The summed E-state index contributed by atoms with van der Waals surface area (Å²) < 4.78 is 28.6. The van der Waals surface area contributed by atoms with Crippen molar-refractivity contribution in [2.45, 2.75) is 33.2 Å². The second kappa shape index (κ2) is 8.68. The Morgan fingerprint density at radius 1 is 1.36 bits per heavy atom. The highest BCUT2D eigenvalue weighted by Gasteiger charge is 2.35. The van der Waals surface area contributed by atoms with Crippen LogP contribution in [0.5, 0.6) is 0 Å². The molecular weight excluding hydrogens is 388 g/mol. The number of nitrogens with zero attached hydrogens (tertiary/aromatic N) is 2. The van der Waals surface area contributed by atoms with Gasteiger partial charge in [-0.3, -0.25) is 14.9 Å². The monoisotopic (exact) mass is 412 g/mol. The molecule has 28 heavy (non-hydrogen) atoms. The minimum absolute atomic E-state index is 0.0226. The Balaban J connectivity index is 2.12. The average molecular weight is 412 g/mol. The number of nitro groups is 1.